The monoisotopic (exact) mass is 374 g/mol. The van der Waals surface area contributed by atoms with Gasteiger partial charge in [-0.1, -0.05) is 24.6 Å². The average molecular weight is 375 g/mol. The van der Waals surface area contributed by atoms with E-state index in [1.54, 1.807) is 11.3 Å². The minimum Gasteiger partial charge on any atom is -0.368 e. The van der Waals surface area contributed by atoms with E-state index in [1.807, 2.05) is 23.1 Å². The van der Waals surface area contributed by atoms with Crippen molar-refractivity contribution in [3.63, 3.8) is 0 Å². The third-order valence-electron chi connectivity index (χ3n) is 5.28. The fourth-order valence-corrected chi connectivity index (χ4v) is 5.17. The van der Waals surface area contributed by atoms with Gasteiger partial charge in [-0.15, -0.1) is 11.3 Å². The molecule has 1 aliphatic carbocycles. The Morgan fingerprint density at radius 3 is 2.76 bits per heavy atom. The van der Waals surface area contributed by atoms with E-state index >= 15 is 0 Å². The molecule has 0 radical (unpaired) electrons. The number of thiophene rings is 1. The molecule has 0 N–H and O–H groups in total. The number of halogens is 1. The number of benzene rings is 1. The minimum absolute atomic E-state index is 0.206. The van der Waals surface area contributed by atoms with Crippen molar-refractivity contribution >= 4 is 34.5 Å². The number of hydrogen-bond donors (Lipinski definition) is 0. The SMILES string of the molecule is CC1CCc2sc(C(=O)N3CCN(c4cccc(Cl)c4)CC3)cc2C1. The average Bonchev–Trinajstić information content (AvgIpc) is 3.04. The molecule has 132 valence electrons. The summed E-state index contributed by atoms with van der Waals surface area (Å²) in [6.45, 7) is 5.55. The molecule has 1 aromatic carbocycles. The molecule has 1 amide bonds. The largest absolute Gasteiger partial charge is 0.368 e. The van der Waals surface area contributed by atoms with E-state index in [0.717, 1.165) is 60.5 Å². The zero-order chi connectivity index (χ0) is 17.4. The molecule has 3 nitrogen and oxygen atoms in total. The first kappa shape index (κ1) is 16.9. The van der Waals surface area contributed by atoms with Gasteiger partial charge >= 0.3 is 0 Å². The maximum absolute atomic E-state index is 12.9. The number of anilines is 1. The van der Waals surface area contributed by atoms with E-state index in [1.165, 1.54) is 16.9 Å². The van der Waals surface area contributed by atoms with Gasteiger partial charge in [0.2, 0.25) is 0 Å². The van der Waals surface area contributed by atoms with Gasteiger partial charge < -0.3 is 9.80 Å². The smallest absolute Gasteiger partial charge is 0.264 e. The second-order valence-electron chi connectivity index (χ2n) is 7.17. The molecule has 1 saturated heterocycles. The van der Waals surface area contributed by atoms with Crippen LogP contribution in [0.4, 0.5) is 5.69 Å². The Morgan fingerprint density at radius 1 is 1.20 bits per heavy atom. The molecule has 25 heavy (non-hydrogen) atoms. The Hall–Kier alpha value is -1.52. The first-order valence-electron chi connectivity index (χ1n) is 9.01. The van der Waals surface area contributed by atoms with Gasteiger partial charge in [-0.25, -0.2) is 0 Å². The predicted molar refractivity (Wildman–Crippen MR) is 105 cm³/mol. The van der Waals surface area contributed by atoms with Crippen molar-refractivity contribution in [3.05, 3.63) is 50.7 Å². The first-order valence-corrected chi connectivity index (χ1v) is 10.2. The van der Waals surface area contributed by atoms with Crippen LogP contribution >= 0.6 is 22.9 Å². The van der Waals surface area contributed by atoms with E-state index < -0.39 is 0 Å². The van der Waals surface area contributed by atoms with Crippen molar-refractivity contribution in [2.45, 2.75) is 26.2 Å². The summed E-state index contributed by atoms with van der Waals surface area (Å²) in [6.07, 6.45) is 3.51. The Kier molecular flexibility index (Phi) is 4.74. The van der Waals surface area contributed by atoms with E-state index in [9.17, 15) is 4.79 Å². The summed E-state index contributed by atoms with van der Waals surface area (Å²) >= 11 is 7.81. The number of aryl methyl sites for hydroxylation is 1. The number of carbonyl (C=O) groups is 1. The lowest BCUT2D eigenvalue weighted by Gasteiger charge is -2.36. The normalized spacial score (nSPS) is 20.5. The highest BCUT2D eigenvalue weighted by molar-refractivity contribution is 7.14. The van der Waals surface area contributed by atoms with Crippen LogP contribution in [0, 0.1) is 5.92 Å². The Morgan fingerprint density at radius 2 is 2.00 bits per heavy atom. The molecule has 1 unspecified atom stereocenters. The summed E-state index contributed by atoms with van der Waals surface area (Å²) in [5.41, 5.74) is 2.55. The Labute approximate surface area is 158 Å². The molecule has 0 spiro atoms. The third-order valence-corrected chi connectivity index (χ3v) is 6.74. The van der Waals surface area contributed by atoms with E-state index in [-0.39, 0.29) is 5.91 Å². The summed E-state index contributed by atoms with van der Waals surface area (Å²) in [6, 6.07) is 10.1. The lowest BCUT2D eigenvalue weighted by molar-refractivity contribution is 0.0751. The maximum atomic E-state index is 12.9. The van der Waals surface area contributed by atoms with Gasteiger partial charge in [0, 0.05) is 41.8 Å². The van der Waals surface area contributed by atoms with Crippen LogP contribution < -0.4 is 4.90 Å². The number of fused-ring (bicyclic) bond motifs is 1. The number of rotatable bonds is 2. The fraction of sp³-hybridized carbons (Fsp3) is 0.450. The van der Waals surface area contributed by atoms with Gasteiger partial charge in [0.15, 0.2) is 0 Å². The third kappa shape index (κ3) is 3.56. The van der Waals surface area contributed by atoms with Crippen molar-refractivity contribution in [2.75, 3.05) is 31.1 Å². The van der Waals surface area contributed by atoms with Gasteiger partial charge in [0.05, 0.1) is 4.88 Å². The summed E-state index contributed by atoms with van der Waals surface area (Å²) in [5.74, 6) is 0.948. The Bertz CT molecular complexity index is 780. The molecule has 1 atom stereocenters. The highest BCUT2D eigenvalue weighted by Gasteiger charge is 2.26. The van der Waals surface area contributed by atoms with E-state index in [4.69, 9.17) is 11.6 Å². The molecule has 1 aromatic heterocycles. The summed E-state index contributed by atoms with van der Waals surface area (Å²) < 4.78 is 0. The zero-order valence-electron chi connectivity index (χ0n) is 14.5. The lowest BCUT2D eigenvalue weighted by Crippen LogP contribution is -2.48. The van der Waals surface area contributed by atoms with Gasteiger partial charge in [0.1, 0.15) is 0 Å². The quantitative estimate of drug-likeness (QED) is 0.773. The fourth-order valence-electron chi connectivity index (χ4n) is 3.81. The van der Waals surface area contributed by atoms with Crippen molar-refractivity contribution in [1.82, 2.24) is 4.90 Å². The van der Waals surface area contributed by atoms with Gasteiger partial charge in [-0.2, -0.15) is 0 Å². The number of amides is 1. The highest BCUT2D eigenvalue weighted by Crippen LogP contribution is 2.33. The van der Waals surface area contributed by atoms with Crippen LogP contribution in [-0.2, 0) is 12.8 Å². The van der Waals surface area contributed by atoms with E-state index in [2.05, 4.69) is 24.0 Å². The van der Waals surface area contributed by atoms with Crippen LogP contribution in [0.3, 0.4) is 0 Å². The van der Waals surface area contributed by atoms with Crippen LogP contribution in [0.15, 0.2) is 30.3 Å². The van der Waals surface area contributed by atoms with E-state index in [0.29, 0.717) is 0 Å². The molecule has 4 rings (SSSR count). The molecule has 5 heteroatoms. The topological polar surface area (TPSA) is 23.6 Å². The molecule has 0 bridgehead atoms. The van der Waals surface area contributed by atoms with Gasteiger partial charge in [-0.05, 0) is 55.0 Å². The van der Waals surface area contributed by atoms with Gasteiger partial charge in [-0.3, -0.25) is 4.79 Å². The molecule has 1 fully saturated rings. The molecule has 1 aliphatic heterocycles. The second-order valence-corrected chi connectivity index (χ2v) is 8.74. The van der Waals surface area contributed by atoms with Crippen LogP contribution in [0.1, 0.15) is 33.5 Å². The molecule has 2 heterocycles. The van der Waals surface area contributed by atoms with Crippen molar-refractivity contribution in [2.24, 2.45) is 5.92 Å². The van der Waals surface area contributed by atoms with Crippen LogP contribution in [0.25, 0.3) is 0 Å². The molecule has 0 saturated carbocycles. The highest BCUT2D eigenvalue weighted by atomic mass is 35.5. The number of carbonyl (C=O) groups excluding carboxylic acids is 1. The molecular weight excluding hydrogens is 352 g/mol. The molecule has 2 aliphatic rings. The first-order chi connectivity index (χ1) is 12.1. The number of piperazine rings is 1. The van der Waals surface area contributed by atoms with Crippen molar-refractivity contribution in [1.29, 1.82) is 0 Å². The Balaban J connectivity index is 1.41. The lowest BCUT2D eigenvalue weighted by atomic mass is 9.90. The summed E-state index contributed by atoms with van der Waals surface area (Å²) in [7, 11) is 0. The minimum atomic E-state index is 0.206. The van der Waals surface area contributed by atoms with Crippen LogP contribution in [0.2, 0.25) is 5.02 Å². The van der Waals surface area contributed by atoms with Crippen molar-refractivity contribution in [3.8, 4) is 0 Å². The van der Waals surface area contributed by atoms with Crippen LogP contribution in [-0.4, -0.2) is 37.0 Å². The maximum Gasteiger partial charge on any atom is 0.264 e. The van der Waals surface area contributed by atoms with Crippen molar-refractivity contribution < 1.29 is 4.79 Å². The summed E-state index contributed by atoms with van der Waals surface area (Å²) in [5, 5.41) is 0.759. The summed E-state index contributed by atoms with van der Waals surface area (Å²) in [4.78, 5) is 19.6. The molecule has 2 aromatic rings. The standard InChI is InChI=1S/C20H23ClN2OS/c1-14-5-6-18-15(11-14)12-19(25-18)20(24)23-9-7-22(8-10-23)17-4-2-3-16(21)13-17/h2-4,12-14H,5-11H2,1H3. The zero-order valence-corrected chi connectivity index (χ0v) is 16.1. The molecular formula is C20H23ClN2OS. The number of hydrogen-bond acceptors (Lipinski definition) is 3. The number of nitrogens with zero attached hydrogens (tertiary/aromatic N) is 2. The van der Waals surface area contributed by atoms with Gasteiger partial charge in [0.25, 0.3) is 5.91 Å². The second kappa shape index (κ2) is 7.00. The predicted octanol–water partition coefficient (Wildman–Crippen LogP) is 4.49. The van der Waals surface area contributed by atoms with Crippen LogP contribution in [0.5, 0.6) is 0 Å².